The van der Waals surface area contributed by atoms with Crippen LogP contribution in [0.15, 0.2) is 54.6 Å². The Balaban J connectivity index is 2.06. The Morgan fingerprint density at radius 1 is 0.889 bits per heavy atom. The topological polar surface area (TPSA) is 26.3 Å². The smallest absolute Gasteiger partial charge is 0.308 e. The zero-order valence-electron chi connectivity index (χ0n) is 10.2. The lowest BCUT2D eigenvalue weighted by molar-refractivity contribution is -0.131. The van der Waals surface area contributed by atoms with Gasteiger partial charge in [0.15, 0.2) is 0 Å². The van der Waals surface area contributed by atoms with Crippen LogP contribution in [-0.4, -0.2) is 5.97 Å². The summed E-state index contributed by atoms with van der Waals surface area (Å²) in [6.45, 7) is 1.39. The molecule has 0 saturated heterocycles. The summed E-state index contributed by atoms with van der Waals surface area (Å²) in [5.41, 5.74) is 2.22. The van der Waals surface area contributed by atoms with Crippen LogP contribution in [0.5, 0.6) is 5.75 Å². The summed E-state index contributed by atoms with van der Waals surface area (Å²) >= 11 is 0. The van der Waals surface area contributed by atoms with Crippen LogP contribution in [0.3, 0.4) is 0 Å². The summed E-state index contributed by atoms with van der Waals surface area (Å²) in [5, 5.41) is 0. The van der Waals surface area contributed by atoms with Crippen LogP contribution in [0.1, 0.15) is 18.1 Å². The van der Waals surface area contributed by atoms with E-state index < -0.39 is 0 Å². The highest BCUT2D eigenvalue weighted by molar-refractivity contribution is 5.71. The van der Waals surface area contributed by atoms with Gasteiger partial charge in [0.2, 0.25) is 0 Å². The average Bonchev–Trinajstić information content (AvgIpc) is 2.38. The standard InChI is InChI=1S/C16H14O2/c1-13(17)18-16-11-9-15(10-12-16)8-7-14-5-3-2-4-6-14/h2-12H,1H3/b8-7-. The maximum Gasteiger partial charge on any atom is 0.308 e. The molecular weight excluding hydrogens is 224 g/mol. The highest BCUT2D eigenvalue weighted by Gasteiger charge is 1.96. The number of hydrogen-bond donors (Lipinski definition) is 0. The van der Waals surface area contributed by atoms with E-state index in [0.29, 0.717) is 5.75 Å². The Hall–Kier alpha value is -2.35. The molecule has 18 heavy (non-hydrogen) atoms. The van der Waals surface area contributed by atoms with Gasteiger partial charge in [-0.2, -0.15) is 0 Å². The van der Waals surface area contributed by atoms with Crippen molar-refractivity contribution in [3.8, 4) is 5.75 Å². The van der Waals surface area contributed by atoms with E-state index in [1.165, 1.54) is 6.92 Å². The predicted octanol–water partition coefficient (Wildman–Crippen LogP) is 3.78. The largest absolute Gasteiger partial charge is 0.427 e. The molecular formula is C16H14O2. The van der Waals surface area contributed by atoms with Crippen molar-refractivity contribution in [2.75, 3.05) is 0 Å². The molecule has 0 spiro atoms. The molecule has 2 aromatic carbocycles. The summed E-state index contributed by atoms with van der Waals surface area (Å²) in [4.78, 5) is 10.8. The van der Waals surface area contributed by atoms with Gasteiger partial charge in [-0.15, -0.1) is 0 Å². The second-order valence-corrected chi connectivity index (χ2v) is 3.91. The molecule has 0 amide bonds. The minimum atomic E-state index is -0.303. The van der Waals surface area contributed by atoms with Crippen LogP contribution in [0, 0.1) is 0 Å². The van der Waals surface area contributed by atoms with Crippen molar-refractivity contribution in [2.24, 2.45) is 0 Å². The van der Waals surface area contributed by atoms with Gasteiger partial charge in [0.1, 0.15) is 5.75 Å². The van der Waals surface area contributed by atoms with Crippen LogP contribution in [0.2, 0.25) is 0 Å². The molecule has 0 bridgehead atoms. The van der Waals surface area contributed by atoms with Gasteiger partial charge >= 0.3 is 5.97 Å². The quantitative estimate of drug-likeness (QED) is 0.462. The van der Waals surface area contributed by atoms with E-state index in [4.69, 9.17) is 4.74 Å². The molecule has 2 rings (SSSR count). The molecule has 2 heteroatoms. The molecule has 0 radical (unpaired) electrons. The van der Waals surface area contributed by atoms with Crippen molar-refractivity contribution in [2.45, 2.75) is 6.92 Å². The first kappa shape index (κ1) is 12.1. The number of esters is 1. The van der Waals surface area contributed by atoms with Crippen molar-refractivity contribution in [1.82, 2.24) is 0 Å². The molecule has 0 unspecified atom stereocenters. The lowest BCUT2D eigenvalue weighted by Gasteiger charge is -2.00. The molecule has 0 aliphatic carbocycles. The van der Waals surface area contributed by atoms with Crippen LogP contribution in [0.4, 0.5) is 0 Å². The second-order valence-electron chi connectivity index (χ2n) is 3.91. The molecule has 0 aromatic heterocycles. The maximum absolute atomic E-state index is 10.8. The van der Waals surface area contributed by atoms with Crippen molar-refractivity contribution in [1.29, 1.82) is 0 Å². The Morgan fingerprint density at radius 2 is 1.44 bits per heavy atom. The minimum absolute atomic E-state index is 0.303. The van der Waals surface area contributed by atoms with E-state index in [2.05, 4.69) is 0 Å². The summed E-state index contributed by atoms with van der Waals surface area (Å²) < 4.78 is 4.97. The van der Waals surface area contributed by atoms with E-state index in [1.54, 1.807) is 12.1 Å². The van der Waals surface area contributed by atoms with Crippen molar-refractivity contribution < 1.29 is 9.53 Å². The molecule has 0 fully saturated rings. The first-order chi connectivity index (χ1) is 8.74. The SMILES string of the molecule is CC(=O)Oc1ccc(/C=C\c2ccccc2)cc1. The van der Waals surface area contributed by atoms with Gasteiger partial charge in [-0.25, -0.2) is 0 Å². The summed E-state index contributed by atoms with van der Waals surface area (Å²) in [6, 6.07) is 17.5. The minimum Gasteiger partial charge on any atom is -0.427 e. The highest BCUT2D eigenvalue weighted by Crippen LogP contribution is 2.14. The van der Waals surface area contributed by atoms with E-state index in [9.17, 15) is 4.79 Å². The third kappa shape index (κ3) is 3.59. The Kier molecular flexibility index (Phi) is 3.92. The van der Waals surface area contributed by atoms with Gasteiger partial charge in [-0.05, 0) is 23.3 Å². The molecule has 0 aliphatic heterocycles. The van der Waals surface area contributed by atoms with Gasteiger partial charge in [-0.3, -0.25) is 4.79 Å². The third-order valence-corrected chi connectivity index (χ3v) is 2.41. The van der Waals surface area contributed by atoms with Gasteiger partial charge in [0, 0.05) is 6.92 Å². The van der Waals surface area contributed by atoms with Crippen LogP contribution in [-0.2, 0) is 4.79 Å². The normalized spacial score (nSPS) is 10.5. The first-order valence-corrected chi connectivity index (χ1v) is 5.76. The highest BCUT2D eigenvalue weighted by atomic mass is 16.5. The monoisotopic (exact) mass is 238 g/mol. The second kappa shape index (κ2) is 5.82. The van der Waals surface area contributed by atoms with Crippen LogP contribution >= 0.6 is 0 Å². The van der Waals surface area contributed by atoms with E-state index in [1.807, 2.05) is 54.6 Å². The van der Waals surface area contributed by atoms with Crippen LogP contribution < -0.4 is 4.74 Å². The van der Waals surface area contributed by atoms with Crippen molar-refractivity contribution >= 4 is 18.1 Å². The number of rotatable bonds is 3. The fraction of sp³-hybridized carbons (Fsp3) is 0.0625. The third-order valence-electron chi connectivity index (χ3n) is 2.41. The van der Waals surface area contributed by atoms with Gasteiger partial charge < -0.3 is 4.74 Å². The Labute approximate surface area is 107 Å². The number of ether oxygens (including phenoxy) is 1. The fourth-order valence-electron chi connectivity index (χ4n) is 1.57. The zero-order chi connectivity index (χ0) is 12.8. The Bertz CT molecular complexity index is 539. The lowest BCUT2D eigenvalue weighted by atomic mass is 10.1. The predicted molar refractivity (Wildman–Crippen MR) is 73.1 cm³/mol. The van der Waals surface area contributed by atoms with E-state index in [-0.39, 0.29) is 5.97 Å². The summed E-state index contributed by atoms with van der Waals surface area (Å²) in [5.74, 6) is 0.266. The summed E-state index contributed by atoms with van der Waals surface area (Å²) in [7, 11) is 0. The molecule has 0 saturated carbocycles. The van der Waals surface area contributed by atoms with E-state index >= 15 is 0 Å². The molecule has 2 nitrogen and oxygen atoms in total. The molecule has 90 valence electrons. The Morgan fingerprint density at radius 3 is 2.00 bits per heavy atom. The molecule has 0 heterocycles. The number of carbonyl (C=O) groups excluding carboxylic acids is 1. The zero-order valence-corrected chi connectivity index (χ0v) is 10.2. The van der Waals surface area contributed by atoms with Crippen molar-refractivity contribution in [3.05, 3.63) is 65.7 Å². The average molecular weight is 238 g/mol. The van der Waals surface area contributed by atoms with Gasteiger partial charge in [0.25, 0.3) is 0 Å². The lowest BCUT2D eigenvalue weighted by Crippen LogP contribution is -2.00. The number of benzene rings is 2. The molecule has 0 aliphatic rings. The van der Waals surface area contributed by atoms with Crippen molar-refractivity contribution in [3.63, 3.8) is 0 Å². The number of carbonyl (C=O) groups is 1. The maximum atomic E-state index is 10.8. The first-order valence-electron chi connectivity index (χ1n) is 5.76. The van der Waals surface area contributed by atoms with Gasteiger partial charge in [0.05, 0.1) is 0 Å². The van der Waals surface area contributed by atoms with Gasteiger partial charge in [-0.1, -0.05) is 54.6 Å². The summed E-state index contributed by atoms with van der Waals surface area (Å²) in [6.07, 6.45) is 4.06. The molecule has 0 atom stereocenters. The van der Waals surface area contributed by atoms with E-state index in [0.717, 1.165) is 11.1 Å². The molecule has 0 N–H and O–H groups in total. The fourth-order valence-corrected chi connectivity index (χ4v) is 1.57. The molecule has 2 aromatic rings. The van der Waals surface area contributed by atoms with Crippen LogP contribution in [0.25, 0.3) is 12.2 Å². The number of hydrogen-bond acceptors (Lipinski definition) is 2.